The largest absolute Gasteiger partial charge is 0.348 e. The fraction of sp³-hybridized carbons (Fsp3) is 0.381. The molecular formula is C21H24N4O2S. The molecule has 0 aliphatic carbocycles. The van der Waals surface area contributed by atoms with Gasteiger partial charge < -0.3 is 4.90 Å². The Balaban J connectivity index is 1.41. The molecule has 1 N–H and O–H groups in total. The lowest BCUT2D eigenvalue weighted by molar-refractivity contribution is 0.0689. The standard InChI is InChI=1S/C21H24N4O2S/c1-14-10-15(2)12-17(11-14)20(26)24-7-5-16(6-8-24)13-18-22-23-21(27)25(18)19-4-3-9-28-19/h3-4,9-12,16H,5-8,13H2,1-2H3,(H,23,27). The molecule has 1 amide bonds. The van der Waals surface area contributed by atoms with Crippen LogP contribution in [0.25, 0.3) is 5.00 Å². The molecule has 1 saturated heterocycles. The van der Waals surface area contributed by atoms with Gasteiger partial charge in [0.1, 0.15) is 10.8 Å². The van der Waals surface area contributed by atoms with E-state index in [0.717, 1.165) is 59.9 Å². The second-order valence-electron chi connectivity index (χ2n) is 7.55. The summed E-state index contributed by atoms with van der Waals surface area (Å²) in [5.41, 5.74) is 2.81. The quantitative estimate of drug-likeness (QED) is 0.735. The second kappa shape index (κ2) is 7.75. The van der Waals surface area contributed by atoms with Crippen LogP contribution in [0.15, 0.2) is 40.5 Å². The van der Waals surface area contributed by atoms with Gasteiger partial charge >= 0.3 is 5.69 Å². The van der Waals surface area contributed by atoms with E-state index >= 15 is 0 Å². The summed E-state index contributed by atoms with van der Waals surface area (Å²) in [6, 6.07) is 9.87. The summed E-state index contributed by atoms with van der Waals surface area (Å²) >= 11 is 1.53. The van der Waals surface area contributed by atoms with E-state index in [1.165, 1.54) is 11.3 Å². The predicted octanol–water partition coefficient (Wildman–Crippen LogP) is 3.33. The molecule has 28 heavy (non-hydrogen) atoms. The minimum Gasteiger partial charge on any atom is -0.339 e. The van der Waals surface area contributed by atoms with Crippen molar-refractivity contribution in [2.75, 3.05) is 13.1 Å². The van der Waals surface area contributed by atoms with E-state index < -0.39 is 0 Å². The monoisotopic (exact) mass is 396 g/mol. The number of hydrogen-bond acceptors (Lipinski definition) is 4. The van der Waals surface area contributed by atoms with Crippen LogP contribution in [0.1, 0.15) is 40.2 Å². The lowest BCUT2D eigenvalue weighted by Gasteiger charge is -2.32. The van der Waals surface area contributed by atoms with Crippen molar-refractivity contribution in [1.29, 1.82) is 0 Å². The van der Waals surface area contributed by atoms with Gasteiger partial charge in [0.25, 0.3) is 5.91 Å². The number of aryl methyl sites for hydroxylation is 2. The lowest BCUT2D eigenvalue weighted by Crippen LogP contribution is -2.39. The highest BCUT2D eigenvalue weighted by atomic mass is 32.1. The first-order valence-electron chi connectivity index (χ1n) is 9.59. The van der Waals surface area contributed by atoms with Crippen LogP contribution >= 0.6 is 11.3 Å². The predicted molar refractivity (Wildman–Crippen MR) is 110 cm³/mol. The van der Waals surface area contributed by atoms with E-state index in [0.29, 0.717) is 5.92 Å². The summed E-state index contributed by atoms with van der Waals surface area (Å²) in [5.74, 6) is 1.30. The van der Waals surface area contributed by atoms with Gasteiger partial charge in [-0.05, 0) is 62.3 Å². The third-order valence-electron chi connectivity index (χ3n) is 5.31. The Morgan fingerprint density at radius 1 is 1.21 bits per heavy atom. The topological polar surface area (TPSA) is 71.0 Å². The van der Waals surface area contributed by atoms with Crippen LogP contribution in [-0.4, -0.2) is 38.7 Å². The minimum atomic E-state index is -0.195. The number of nitrogens with zero attached hydrogens (tertiary/aromatic N) is 3. The van der Waals surface area contributed by atoms with Gasteiger partial charge in [0, 0.05) is 25.1 Å². The van der Waals surface area contributed by atoms with Crippen LogP contribution in [0.3, 0.4) is 0 Å². The number of hydrogen-bond donors (Lipinski definition) is 1. The first-order chi connectivity index (χ1) is 13.5. The normalized spacial score (nSPS) is 15.1. The Morgan fingerprint density at radius 2 is 1.93 bits per heavy atom. The second-order valence-corrected chi connectivity index (χ2v) is 8.47. The van der Waals surface area contributed by atoms with E-state index in [1.807, 2.05) is 48.4 Å². The van der Waals surface area contributed by atoms with Gasteiger partial charge in [-0.1, -0.05) is 17.2 Å². The van der Waals surface area contributed by atoms with Crippen molar-refractivity contribution in [3.8, 4) is 5.00 Å². The smallest absolute Gasteiger partial charge is 0.339 e. The van der Waals surface area contributed by atoms with Crippen molar-refractivity contribution < 1.29 is 4.79 Å². The SMILES string of the molecule is Cc1cc(C)cc(C(=O)N2CCC(Cc3n[nH]c(=O)n3-c3cccs3)CC2)c1. The molecule has 1 aliphatic rings. The van der Waals surface area contributed by atoms with Crippen molar-refractivity contribution in [3.05, 3.63) is 68.7 Å². The summed E-state index contributed by atoms with van der Waals surface area (Å²) in [5, 5.41) is 9.65. The Labute approximate surface area is 167 Å². The zero-order valence-electron chi connectivity index (χ0n) is 16.1. The highest BCUT2D eigenvalue weighted by Crippen LogP contribution is 2.24. The number of carbonyl (C=O) groups is 1. The molecule has 0 radical (unpaired) electrons. The fourth-order valence-electron chi connectivity index (χ4n) is 3.97. The number of likely N-dealkylation sites (tertiary alicyclic amines) is 1. The molecule has 3 heterocycles. The third kappa shape index (κ3) is 3.80. The Hall–Kier alpha value is -2.67. The molecule has 0 atom stereocenters. The van der Waals surface area contributed by atoms with E-state index in [1.54, 1.807) is 4.57 Å². The summed E-state index contributed by atoms with van der Waals surface area (Å²) in [7, 11) is 0. The van der Waals surface area contributed by atoms with Gasteiger partial charge in [0.05, 0.1) is 0 Å². The zero-order chi connectivity index (χ0) is 19.7. The van der Waals surface area contributed by atoms with Gasteiger partial charge in [-0.2, -0.15) is 5.10 Å². The Kier molecular flexibility index (Phi) is 5.17. The molecule has 1 fully saturated rings. The molecule has 0 spiro atoms. The molecular weight excluding hydrogens is 372 g/mol. The number of aromatic amines is 1. The third-order valence-corrected chi connectivity index (χ3v) is 6.16. The fourth-order valence-corrected chi connectivity index (χ4v) is 4.72. The molecule has 1 aliphatic heterocycles. The molecule has 6 nitrogen and oxygen atoms in total. The molecule has 3 aromatic rings. The molecule has 0 saturated carbocycles. The van der Waals surface area contributed by atoms with Crippen molar-refractivity contribution in [3.63, 3.8) is 0 Å². The molecule has 7 heteroatoms. The van der Waals surface area contributed by atoms with Crippen LogP contribution in [0, 0.1) is 19.8 Å². The Morgan fingerprint density at radius 3 is 2.57 bits per heavy atom. The average molecular weight is 397 g/mol. The molecule has 1 aromatic carbocycles. The number of H-pyrrole nitrogens is 1. The van der Waals surface area contributed by atoms with Crippen LogP contribution < -0.4 is 5.69 Å². The lowest BCUT2D eigenvalue weighted by atomic mass is 9.92. The number of rotatable bonds is 4. The maximum Gasteiger partial charge on any atom is 0.348 e. The highest BCUT2D eigenvalue weighted by Gasteiger charge is 2.26. The van der Waals surface area contributed by atoms with Crippen LogP contribution in [0.5, 0.6) is 0 Å². The van der Waals surface area contributed by atoms with Gasteiger partial charge in [-0.25, -0.2) is 14.5 Å². The number of nitrogens with one attached hydrogen (secondary N) is 1. The maximum atomic E-state index is 12.8. The van der Waals surface area contributed by atoms with Crippen molar-refractivity contribution in [2.24, 2.45) is 5.92 Å². The van der Waals surface area contributed by atoms with E-state index in [9.17, 15) is 9.59 Å². The first kappa shape index (κ1) is 18.7. The molecule has 0 unspecified atom stereocenters. The number of thiophene rings is 1. The minimum absolute atomic E-state index is 0.112. The number of benzene rings is 1. The molecule has 4 rings (SSSR count). The highest BCUT2D eigenvalue weighted by molar-refractivity contribution is 7.12. The number of amides is 1. The summed E-state index contributed by atoms with van der Waals surface area (Å²) in [6.07, 6.45) is 2.58. The summed E-state index contributed by atoms with van der Waals surface area (Å²) in [6.45, 7) is 5.52. The van der Waals surface area contributed by atoms with E-state index in [2.05, 4.69) is 16.3 Å². The first-order valence-corrected chi connectivity index (χ1v) is 10.5. The van der Waals surface area contributed by atoms with Crippen LogP contribution in [0.2, 0.25) is 0 Å². The Bertz CT molecular complexity index is 1010. The number of aromatic nitrogens is 3. The van der Waals surface area contributed by atoms with Crippen molar-refractivity contribution in [2.45, 2.75) is 33.1 Å². The molecule has 0 bridgehead atoms. The van der Waals surface area contributed by atoms with Gasteiger partial charge in [0.15, 0.2) is 0 Å². The van der Waals surface area contributed by atoms with Gasteiger partial charge in [-0.3, -0.25) is 4.79 Å². The van der Waals surface area contributed by atoms with Crippen LogP contribution in [-0.2, 0) is 6.42 Å². The molecule has 2 aromatic heterocycles. The van der Waals surface area contributed by atoms with Crippen LogP contribution in [0.4, 0.5) is 0 Å². The summed E-state index contributed by atoms with van der Waals surface area (Å²) < 4.78 is 1.66. The van der Waals surface area contributed by atoms with Crippen molar-refractivity contribution >= 4 is 17.2 Å². The zero-order valence-corrected chi connectivity index (χ0v) is 17.0. The molecule has 146 valence electrons. The number of carbonyl (C=O) groups excluding carboxylic acids is 1. The van der Waals surface area contributed by atoms with Gasteiger partial charge in [0.2, 0.25) is 0 Å². The van der Waals surface area contributed by atoms with E-state index in [4.69, 9.17) is 0 Å². The van der Waals surface area contributed by atoms with E-state index in [-0.39, 0.29) is 11.6 Å². The van der Waals surface area contributed by atoms with Gasteiger partial charge in [-0.15, -0.1) is 11.3 Å². The van der Waals surface area contributed by atoms with Crippen molar-refractivity contribution in [1.82, 2.24) is 19.7 Å². The summed E-state index contributed by atoms with van der Waals surface area (Å²) in [4.78, 5) is 26.9. The average Bonchev–Trinajstić information content (AvgIpc) is 3.31. The number of piperidine rings is 1. The maximum absolute atomic E-state index is 12.8.